The molecule has 0 aromatic heterocycles. The van der Waals surface area contributed by atoms with Gasteiger partial charge < -0.3 is 16.2 Å². The molecule has 82 valence electrons. The van der Waals surface area contributed by atoms with E-state index < -0.39 is 5.54 Å². The molecule has 1 aliphatic carbocycles. The summed E-state index contributed by atoms with van der Waals surface area (Å²) in [5.41, 5.74) is 4.81. The molecule has 0 bridgehead atoms. The van der Waals surface area contributed by atoms with Crippen LogP contribution in [0.25, 0.3) is 0 Å². The Balaban J connectivity index is 2.56. The summed E-state index contributed by atoms with van der Waals surface area (Å²) in [6, 6.07) is 0. The molecule has 4 N–H and O–H groups in total. The van der Waals surface area contributed by atoms with E-state index in [0.717, 1.165) is 12.8 Å². The standard InChI is InChI=1S/C10H20N2O2/c1-3-10(11,4-2)8(14)12-9(7-13)5-6-9/h13H,3-7,11H2,1-2H3,(H,12,14). The smallest absolute Gasteiger partial charge is 0.240 e. The van der Waals surface area contributed by atoms with E-state index in [1.165, 1.54) is 0 Å². The Morgan fingerprint density at radius 2 is 2.00 bits per heavy atom. The number of carbonyl (C=O) groups excluding carboxylic acids is 1. The van der Waals surface area contributed by atoms with Gasteiger partial charge in [0.15, 0.2) is 0 Å². The van der Waals surface area contributed by atoms with Gasteiger partial charge >= 0.3 is 0 Å². The van der Waals surface area contributed by atoms with Crippen molar-refractivity contribution >= 4 is 5.91 Å². The summed E-state index contributed by atoms with van der Waals surface area (Å²) in [5.74, 6) is -0.131. The van der Waals surface area contributed by atoms with Crippen molar-refractivity contribution < 1.29 is 9.90 Å². The molecule has 0 aliphatic heterocycles. The minimum Gasteiger partial charge on any atom is -0.394 e. The maximum Gasteiger partial charge on any atom is 0.240 e. The SMILES string of the molecule is CCC(N)(CC)C(=O)NC1(CO)CC1. The number of nitrogens with two attached hydrogens (primary N) is 1. The molecule has 0 atom stereocenters. The summed E-state index contributed by atoms with van der Waals surface area (Å²) in [5, 5.41) is 11.9. The van der Waals surface area contributed by atoms with Crippen molar-refractivity contribution in [3.63, 3.8) is 0 Å². The summed E-state index contributed by atoms with van der Waals surface area (Å²) in [6.45, 7) is 3.82. The highest BCUT2D eigenvalue weighted by molar-refractivity contribution is 5.86. The van der Waals surface area contributed by atoms with E-state index in [1.54, 1.807) is 0 Å². The summed E-state index contributed by atoms with van der Waals surface area (Å²) < 4.78 is 0. The van der Waals surface area contributed by atoms with E-state index >= 15 is 0 Å². The third-order valence-electron chi connectivity index (χ3n) is 3.25. The van der Waals surface area contributed by atoms with Crippen molar-refractivity contribution in [2.24, 2.45) is 5.73 Å². The minimum absolute atomic E-state index is 0.0161. The van der Waals surface area contributed by atoms with Gasteiger partial charge in [-0.15, -0.1) is 0 Å². The molecule has 0 aromatic carbocycles. The van der Waals surface area contributed by atoms with Crippen LogP contribution in [0.5, 0.6) is 0 Å². The number of hydrogen-bond acceptors (Lipinski definition) is 3. The van der Waals surface area contributed by atoms with Crippen molar-refractivity contribution in [1.82, 2.24) is 5.32 Å². The average Bonchev–Trinajstić information content (AvgIpc) is 2.97. The lowest BCUT2D eigenvalue weighted by atomic mass is 9.93. The van der Waals surface area contributed by atoms with Crippen molar-refractivity contribution in [3.8, 4) is 0 Å². The zero-order valence-electron chi connectivity index (χ0n) is 8.97. The van der Waals surface area contributed by atoms with Gasteiger partial charge in [-0.3, -0.25) is 4.79 Å². The Labute approximate surface area is 84.9 Å². The fourth-order valence-electron chi connectivity index (χ4n) is 1.41. The van der Waals surface area contributed by atoms with Crippen LogP contribution in [-0.4, -0.2) is 28.7 Å². The molecule has 0 heterocycles. The van der Waals surface area contributed by atoms with Crippen LogP contribution in [0.15, 0.2) is 0 Å². The fourth-order valence-corrected chi connectivity index (χ4v) is 1.41. The van der Waals surface area contributed by atoms with Crippen LogP contribution in [-0.2, 0) is 4.79 Å². The topological polar surface area (TPSA) is 75.4 Å². The Kier molecular flexibility index (Phi) is 3.17. The fraction of sp³-hybridized carbons (Fsp3) is 0.900. The number of amides is 1. The first kappa shape index (κ1) is 11.5. The molecule has 1 saturated carbocycles. The molecule has 0 unspecified atom stereocenters. The second-order valence-corrected chi connectivity index (χ2v) is 4.26. The van der Waals surface area contributed by atoms with Crippen molar-refractivity contribution in [3.05, 3.63) is 0 Å². The lowest BCUT2D eigenvalue weighted by Gasteiger charge is -2.28. The quantitative estimate of drug-likeness (QED) is 0.591. The maximum atomic E-state index is 11.8. The number of carbonyl (C=O) groups is 1. The van der Waals surface area contributed by atoms with Gasteiger partial charge in [0.1, 0.15) is 0 Å². The number of hydrogen-bond donors (Lipinski definition) is 3. The lowest BCUT2D eigenvalue weighted by molar-refractivity contribution is -0.128. The van der Waals surface area contributed by atoms with Crippen molar-refractivity contribution in [2.45, 2.75) is 50.6 Å². The number of aliphatic hydroxyl groups is 1. The molecule has 0 radical (unpaired) electrons. The van der Waals surface area contributed by atoms with Gasteiger partial charge in [0.2, 0.25) is 5.91 Å². The average molecular weight is 200 g/mol. The zero-order valence-corrected chi connectivity index (χ0v) is 8.97. The highest BCUT2D eigenvalue weighted by Gasteiger charge is 2.46. The second-order valence-electron chi connectivity index (χ2n) is 4.26. The Bertz CT molecular complexity index is 220. The first-order chi connectivity index (χ1) is 6.52. The molecule has 1 amide bonds. The first-order valence-corrected chi connectivity index (χ1v) is 5.24. The van der Waals surface area contributed by atoms with Gasteiger partial charge in [0.05, 0.1) is 17.7 Å². The summed E-state index contributed by atoms with van der Waals surface area (Å²) in [6.07, 6.45) is 2.96. The van der Waals surface area contributed by atoms with Gasteiger partial charge in [-0.1, -0.05) is 13.8 Å². The molecule has 0 spiro atoms. The van der Waals surface area contributed by atoms with Crippen LogP contribution in [0.3, 0.4) is 0 Å². The Hall–Kier alpha value is -0.610. The van der Waals surface area contributed by atoms with Gasteiger partial charge in [0.25, 0.3) is 0 Å². The summed E-state index contributed by atoms with van der Waals surface area (Å²) >= 11 is 0. The van der Waals surface area contributed by atoms with Crippen LogP contribution in [0.2, 0.25) is 0 Å². The Morgan fingerprint density at radius 1 is 1.50 bits per heavy atom. The van der Waals surface area contributed by atoms with Gasteiger partial charge in [-0.05, 0) is 25.7 Å². The number of aliphatic hydroxyl groups excluding tert-OH is 1. The minimum atomic E-state index is -0.773. The molecule has 14 heavy (non-hydrogen) atoms. The van der Waals surface area contributed by atoms with Gasteiger partial charge in [0, 0.05) is 0 Å². The molecule has 1 fully saturated rings. The molecule has 0 aromatic rings. The molecular weight excluding hydrogens is 180 g/mol. The summed E-state index contributed by atoms with van der Waals surface area (Å²) in [7, 11) is 0. The van der Waals surface area contributed by atoms with Crippen LogP contribution < -0.4 is 11.1 Å². The normalized spacial score (nSPS) is 19.1. The van der Waals surface area contributed by atoms with E-state index in [-0.39, 0.29) is 18.1 Å². The second kappa shape index (κ2) is 3.87. The monoisotopic (exact) mass is 200 g/mol. The highest BCUT2D eigenvalue weighted by Crippen LogP contribution is 2.35. The number of rotatable bonds is 5. The zero-order chi connectivity index (χ0) is 10.8. The predicted molar refractivity (Wildman–Crippen MR) is 54.7 cm³/mol. The molecular formula is C10H20N2O2. The third kappa shape index (κ3) is 2.07. The van der Waals surface area contributed by atoms with E-state index in [1.807, 2.05) is 13.8 Å². The van der Waals surface area contributed by atoms with Crippen LogP contribution >= 0.6 is 0 Å². The molecule has 4 heteroatoms. The molecule has 1 rings (SSSR count). The maximum absolute atomic E-state index is 11.8. The summed E-state index contributed by atoms with van der Waals surface area (Å²) in [4.78, 5) is 11.8. The van der Waals surface area contributed by atoms with Crippen LogP contribution in [0, 0.1) is 0 Å². The predicted octanol–water partition coefficient (Wildman–Crippen LogP) is 0.145. The van der Waals surface area contributed by atoms with Crippen molar-refractivity contribution in [1.29, 1.82) is 0 Å². The first-order valence-electron chi connectivity index (χ1n) is 5.24. The van der Waals surface area contributed by atoms with E-state index in [2.05, 4.69) is 5.32 Å². The molecule has 4 nitrogen and oxygen atoms in total. The van der Waals surface area contributed by atoms with E-state index in [9.17, 15) is 4.79 Å². The van der Waals surface area contributed by atoms with Crippen LogP contribution in [0.1, 0.15) is 39.5 Å². The highest BCUT2D eigenvalue weighted by atomic mass is 16.3. The molecule has 0 saturated heterocycles. The lowest BCUT2D eigenvalue weighted by Crippen LogP contribution is -2.56. The van der Waals surface area contributed by atoms with E-state index in [0.29, 0.717) is 12.8 Å². The van der Waals surface area contributed by atoms with Gasteiger partial charge in [-0.25, -0.2) is 0 Å². The van der Waals surface area contributed by atoms with E-state index in [4.69, 9.17) is 10.8 Å². The largest absolute Gasteiger partial charge is 0.394 e. The molecule has 1 aliphatic rings. The number of nitrogens with one attached hydrogen (secondary N) is 1. The Morgan fingerprint density at radius 3 is 2.29 bits per heavy atom. The van der Waals surface area contributed by atoms with Gasteiger partial charge in [-0.2, -0.15) is 0 Å². The van der Waals surface area contributed by atoms with Crippen molar-refractivity contribution in [2.75, 3.05) is 6.61 Å². The third-order valence-corrected chi connectivity index (χ3v) is 3.25. The van der Waals surface area contributed by atoms with Crippen LogP contribution in [0.4, 0.5) is 0 Å².